The predicted molar refractivity (Wildman–Crippen MR) is 126 cm³/mol. The van der Waals surface area contributed by atoms with E-state index in [0.29, 0.717) is 24.3 Å². The molecule has 0 aliphatic carbocycles. The summed E-state index contributed by atoms with van der Waals surface area (Å²) in [5.41, 5.74) is 1.61. The Hall–Kier alpha value is -2.89. The van der Waals surface area contributed by atoms with Crippen LogP contribution in [0.4, 0.5) is 0 Å². The van der Waals surface area contributed by atoms with E-state index in [2.05, 4.69) is 15.4 Å². The Labute approximate surface area is 196 Å². The van der Waals surface area contributed by atoms with E-state index in [1.54, 1.807) is 6.07 Å². The number of carbonyl (C=O) groups excluding carboxylic acids is 1. The second-order valence-corrected chi connectivity index (χ2v) is 11.0. The van der Waals surface area contributed by atoms with Crippen molar-refractivity contribution in [2.24, 2.45) is 0 Å². The van der Waals surface area contributed by atoms with E-state index >= 15 is 0 Å². The SMILES string of the molecule is Cc1nc(C)c(-c2ccc(=O)n(CCNC(=O)c3ccc(S(=O)(=O)N4CCCC4)cc3)n2)s1. The summed E-state index contributed by atoms with van der Waals surface area (Å²) in [6.45, 7) is 5.28. The van der Waals surface area contributed by atoms with Crippen LogP contribution in [0.3, 0.4) is 0 Å². The molecular weight excluding hydrogens is 462 g/mol. The largest absolute Gasteiger partial charge is 0.350 e. The van der Waals surface area contributed by atoms with Gasteiger partial charge in [-0.25, -0.2) is 18.1 Å². The number of aryl methyl sites for hydroxylation is 2. The molecule has 9 nitrogen and oxygen atoms in total. The smallest absolute Gasteiger partial charge is 0.266 e. The number of hydrogen-bond donors (Lipinski definition) is 1. The Kier molecular flexibility index (Phi) is 6.73. The van der Waals surface area contributed by atoms with Gasteiger partial charge in [-0.1, -0.05) is 0 Å². The van der Waals surface area contributed by atoms with Crippen LogP contribution in [0.5, 0.6) is 0 Å². The second kappa shape index (κ2) is 9.54. The Morgan fingerprint density at radius 3 is 2.42 bits per heavy atom. The Balaban J connectivity index is 1.39. The van der Waals surface area contributed by atoms with E-state index < -0.39 is 10.0 Å². The molecule has 2 aromatic heterocycles. The number of rotatable bonds is 7. The van der Waals surface area contributed by atoms with Crippen LogP contribution in [-0.2, 0) is 16.6 Å². The minimum atomic E-state index is -3.52. The molecule has 0 unspecified atom stereocenters. The summed E-state index contributed by atoms with van der Waals surface area (Å²) in [5, 5.41) is 8.09. The molecular formula is C22H25N5O4S2. The summed E-state index contributed by atoms with van der Waals surface area (Å²) in [6.07, 6.45) is 1.73. The van der Waals surface area contributed by atoms with Crippen molar-refractivity contribution in [3.63, 3.8) is 0 Å². The summed E-state index contributed by atoms with van der Waals surface area (Å²) in [4.78, 5) is 30.2. The number of benzene rings is 1. The van der Waals surface area contributed by atoms with E-state index in [9.17, 15) is 18.0 Å². The summed E-state index contributed by atoms with van der Waals surface area (Å²) in [5.74, 6) is -0.349. The van der Waals surface area contributed by atoms with Gasteiger partial charge >= 0.3 is 0 Å². The lowest BCUT2D eigenvalue weighted by Crippen LogP contribution is -2.32. The van der Waals surface area contributed by atoms with Crippen molar-refractivity contribution >= 4 is 27.3 Å². The molecule has 1 fully saturated rings. The number of thiazole rings is 1. The summed E-state index contributed by atoms with van der Waals surface area (Å²) >= 11 is 1.51. The molecule has 11 heteroatoms. The molecule has 0 bridgehead atoms. The first-order valence-electron chi connectivity index (χ1n) is 10.7. The minimum Gasteiger partial charge on any atom is -0.350 e. The van der Waals surface area contributed by atoms with Gasteiger partial charge < -0.3 is 5.32 Å². The summed E-state index contributed by atoms with van der Waals surface area (Å²) in [7, 11) is -3.52. The number of carbonyl (C=O) groups is 1. The first kappa shape index (κ1) is 23.3. The molecule has 3 heterocycles. The molecule has 0 saturated carbocycles. The number of amides is 1. The van der Waals surface area contributed by atoms with Crippen molar-refractivity contribution in [1.82, 2.24) is 24.4 Å². The fourth-order valence-electron chi connectivity index (χ4n) is 3.73. The fraction of sp³-hybridized carbons (Fsp3) is 0.364. The molecule has 3 aromatic rings. The highest BCUT2D eigenvalue weighted by Crippen LogP contribution is 2.27. The van der Waals surface area contributed by atoms with Gasteiger partial charge in [-0.15, -0.1) is 11.3 Å². The van der Waals surface area contributed by atoms with Crippen LogP contribution in [-0.4, -0.2) is 53.0 Å². The molecule has 0 spiro atoms. The first-order valence-corrected chi connectivity index (χ1v) is 12.9. The maximum absolute atomic E-state index is 12.6. The third kappa shape index (κ3) is 5.05. The van der Waals surface area contributed by atoms with Crippen LogP contribution >= 0.6 is 11.3 Å². The lowest BCUT2D eigenvalue weighted by atomic mass is 10.2. The molecule has 0 atom stereocenters. The van der Waals surface area contributed by atoms with Crippen LogP contribution in [0.1, 0.15) is 33.9 Å². The van der Waals surface area contributed by atoms with Gasteiger partial charge in [0.1, 0.15) is 5.69 Å². The van der Waals surface area contributed by atoms with Gasteiger partial charge in [0.2, 0.25) is 10.0 Å². The summed E-state index contributed by atoms with van der Waals surface area (Å²) in [6, 6.07) is 9.04. The molecule has 1 saturated heterocycles. The Morgan fingerprint density at radius 1 is 1.09 bits per heavy atom. The quantitative estimate of drug-likeness (QED) is 0.546. The van der Waals surface area contributed by atoms with Crippen molar-refractivity contribution < 1.29 is 13.2 Å². The molecule has 1 amide bonds. The first-order chi connectivity index (χ1) is 15.8. The van der Waals surface area contributed by atoms with Gasteiger partial charge in [0.15, 0.2) is 0 Å². The van der Waals surface area contributed by atoms with Crippen LogP contribution in [0, 0.1) is 13.8 Å². The maximum atomic E-state index is 12.6. The molecule has 33 heavy (non-hydrogen) atoms. The van der Waals surface area contributed by atoms with Crippen LogP contribution in [0.15, 0.2) is 46.1 Å². The van der Waals surface area contributed by atoms with Gasteiger partial charge in [0.05, 0.1) is 27.0 Å². The number of sulfonamides is 1. The van der Waals surface area contributed by atoms with Gasteiger partial charge in [0, 0.05) is 31.3 Å². The van der Waals surface area contributed by atoms with Gasteiger partial charge in [-0.2, -0.15) is 9.40 Å². The predicted octanol–water partition coefficient (Wildman–Crippen LogP) is 2.20. The summed E-state index contributed by atoms with van der Waals surface area (Å²) < 4.78 is 28.0. The van der Waals surface area contributed by atoms with E-state index in [1.165, 1.54) is 50.7 Å². The van der Waals surface area contributed by atoms with Crippen molar-refractivity contribution in [1.29, 1.82) is 0 Å². The topological polar surface area (TPSA) is 114 Å². The van der Waals surface area contributed by atoms with E-state index in [0.717, 1.165) is 28.4 Å². The highest BCUT2D eigenvalue weighted by molar-refractivity contribution is 7.89. The molecule has 1 aliphatic rings. The molecule has 1 N–H and O–H groups in total. The van der Waals surface area contributed by atoms with E-state index in [1.807, 2.05) is 13.8 Å². The zero-order valence-electron chi connectivity index (χ0n) is 18.4. The number of aromatic nitrogens is 3. The third-order valence-electron chi connectivity index (χ3n) is 5.43. The standard InChI is InChI=1S/C22H25N5O4S2/c1-15-21(32-16(2)24-15)19-9-10-20(28)27(25-19)14-11-23-22(29)17-5-7-18(8-6-17)33(30,31)26-12-3-4-13-26/h5-10H,3-4,11-14H2,1-2H3,(H,23,29). The monoisotopic (exact) mass is 487 g/mol. The zero-order chi connectivity index (χ0) is 23.6. The number of nitrogens with zero attached hydrogens (tertiary/aromatic N) is 4. The van der Waals surface area contributed by atoms with Crippen molar-refractivity contribution in [2.45, 2.75) is 38.1 Å². The lowest BCUT2D eigenvalue weighted by Gasteiger charge is -2.15. The third-order valence-corrected chi connectivity index (χ3v) is 8.44. The van der Waals surface area contributed by atoms with Crippen molar-refractivity contribution in [3.05, 3.63) is 63.0 Å². The normalized spacial score (nSPS) is 14.5. The molecule has 174 valence electrons. The van der Waals surface area contributed by atoms with Gasteiger partial charge in [-0.3, -0.25) is 9.59 Å². The van der Waals surface area contributed by atoms with Gasteiger partial charge in [0.25, 0.3) is 11.5 Å². The minimum absolute atomic E-state index is 0.183. The number of hydrogen-bond acceptors (Lipinski definition) is 7. The average Bonchev–Trinajstić information content (AvgIpc) is 3.45. The zero-order valence-corrected chi connectivity index (χ0v) is 20.1. The molecule has 0 radical (unpaired) electrons. The van der Waals surface area contributed by atoms with Crippen LogP contribution < -0.4 is 10.9 Å². The van der Waals surface area contributed by atoms with Crippen molar-refractivity contribution in [2.75, 3.05) is 19.6 Å². The van der Waals surface area contributed by atoms with Gasteiger partial charge in [-0.05, 0) is 57.0 Å². The molecule has 4 rings (SSSR count). The van der Waals surface area contributed by atoms with Crippen LogP contribution in [0.25, 0.3) is 10.6 Å². The van der Waals surface area contributed by atoms with E-state index in [4.69, 9.17) is 0 Å². The lowest BCUT2D eigenvalue weighted by molar-refractivity contribution is 0.0951. The molecule has 1 aliphatic heterocycles. The highest BCUT2D eigenvalue weighted by Gasteiger charge is 2.27. The Morgan fingerprint density at radius 2 is 1.79 bits per heavy atom. The maximum Gasteiger partial charge on any atom is 0.266 e. The van der Waals surface area contributed by atoms with Crippen molar-refractivity contribution in [3.8, 4) is 10.6 Å². The molecule has 1 aromatic carbocycles. The highest BCUT2D eigenvalue weighted by atomic mass is 32.2. The van der Waals surface area contributed by atoms with E-state index in [-0.39, 0.29) is 29.5 Å². The van der Waals surface area contributed by atoms with Crippen LogP contribution in [0.2, 0.25) is 0 Å². The number of nitrogens with one attached hydrogen (secondary N) is 1. The Bertz CT molecular complexity index is 1320. The average molecular weight is 488 g/mol. The second-order valence-electron chi connectivity index (χ2n) is 7.82. The fourth-order valence-corrected chi connectivity index (χ4v) is 6.13.